The SMILES string of the molecule is CC(C)n1nc(-c2cncc(C#N)n2)ccc1=O. The maximum atomic E-state index is 11.6. The van der Waals surface area contributed by atoms with Crippen LogP contribution in [0.3, 0.4) is 0 Å². The number of rotatable bonds is 2. The summed E-state index contributed by atoms with van der Waals surface area (Å²) >= 11 is 0. The molecule has 0 atom stereocenters. The molecule has 0 aliphatic rings. The fourth-order valence-electron chi connectivity index (χ4n) is 1.48. The molecular weight excluding hydrogens is 230 g/mol. The van der Waals surface area contributed by atoms with Crippen molar-refractivity contribution in [3.05, 3.63) is 40.6 Å². The van der Waals surface area contributed by atoms with Gasteiger partial charge in [0.25, 0.3) is 5.56 Å². The van der Waals surface area contributed by atoms with Crippen molar-refractivity contribution in [3.63, 3.8) is 0 Å². The van der Waals surface area contributed by atoms with E-state index in [0.29, 0.717) is 11.4 Å². The van der Waals surface area contributed by atoms with Crippen molar-refractivity contribution in [2.75, 3.05) is 0 Å². The maximum Gasteiger partial charge on any atom is 0.267 e. The molecule has 0 amide bonds. The first kappa shape index (κ1) is 11.9. The van der Waals surface area contributed by atoms with E-state index in [9.17, 15) is 4.79 Å². The number of nitriles is 1. The zero-order valence-electron chi connectivity index (χ0n) is 10.0. The standard InChI is InChI=1S/C12H11N5O/c1-8(2)17-12(18)4-3-10(16-17)11-7-14-6-9(5-13)15-11/h3-4,6-8H,1-2H3. The zero-order chi connectivity index (χ0) is 13.1. The molecule has 0 fully saturated rings. The molecule has 0 radical (unpaired) electrons. The summed E-state index contributed by atoms with van der Waals surface area (Å²) in [5.41, 5.74) is 1.05. The summed E-state index contributed by atoms with van der Waals surface area (Å²) in [6.07, 6.45) is 2.89. The smallest absolute Gasteiger partial charge is 0.267 e. The van der Waals surface area contributed by atoms with E-state index < -0.39 is 0 Å². The van der Waals surface area contributed by atoms with Gasteiger partial charge in [-0.25, -0.2) is 9.67 Å². The average molecular weight is 241 g/mol. The normalized spacial score (nSPS) is 10.3. The van der Waals surface area contributed by atoms with E-state index in [1.54, 1.807) is 6.07 Å². The Kier molecular flexibility index (Phi) is 3.15. The molecule has 2 heterocycles. The molecule has 6 nitrogen and oxygen atoms in total. The zero-order valence-corrected chi connectivity index (χ0v) is 10.0. The summed E-state index contributed by atoms with van der Waals surface area (Å²) in [7, 11) is 0. The van der Waals surface area contributed by atoms with Gasteiger partial charge in [-0.3, -0.25) is 9.78 Å². The summed E-state index contributed by atoms with van der Waals surface area (Å²) in [4.78, 5) is 19.6. The van der Waals surface area contributed by atoms with Crippen LogP contribution in [0.4, 0.5) is 0 Å². The molecular formula is C12H11N5O. The second-order valence-corrected chi connectivity index (χ2v) is 4.00. The van der Waals surface area contributed by atoms with Crippen molar-refractivity contribution in [1.82, 2.24) is 19.7 Å². The molecule has 0 aliphatic heterocycles. The fraction of sp³-hybridized carbons (Fsp3) is 0.250. The second kappa shape index (κ2) is 4.75. The van der Waals surface area contributed by atoms with Gasteiger partial charge in [-0.1, -0.05) is 0 Å². The van der Waals surface area contributed by atoms with Crippen LogP contribution in [0.2, 0.25) is 0 Å². The molecule has 18 heavy (non-hydrogen) atoms. The molecule has 2 aromatic heterocycles. The van der Waals surface area contributed by atoms with Gasteiger partial charge in [0.1, 0.15) is 17.5 Å². The van der Waals surface area contributed by atoms with Crippen LogP contribution in [0, 0.1) is 11.3 Å². The third kappa shape index (κ3) is 2.25. The molecule has 2 aromatic rings. The average Bonchev–Trinajstić information content (AvgIpc) is 2.39. The van der Waals surface area contributed by atoms with Gasteiger partial charge < -0.3 is 0 Å². The van der Waals surface area contributed by atoms with E-state index in [0.717, 1.165) is 0 Å². The van der Waals surface area contributed by atoms with E-state index in [2.05, 4.69) is 15.1 Å². The number of hydrogen-bond donors (Lipinski definition) is 0. The van der Waals surface area contributed by atoms with Crippen LogP contribution in [-0.4, -0.2) is 19.7 Å². The fourth-order valence-corrected chi connectivity index (χ4v) is 1.48. The van der Waals surface area contributed by atoms with Crippen molar-refractivity contribution in [1.29, 1.82) is 5.26 Å². The molecule has 0 saturated carbocycles. The Morgan fingerprint density at radius 1 is 1.28 bits per heavy atom. The van der Waals surface area contributed by atoms with E-state index in [1.165, 1.54) is 23.1 Å². The molecule has 0 unspecified atom stereocenters. The van der Waals surface area contributed by atoms with Crippen LogP contribution in [0.1, 0.15) is 25.6 Å². The van der Waals surface area contributed by atoms with Crippen LogP contribution in [0.25, 0.3) is 11.4 Å². The van der Waals surface area contributed by atoms with Gasteiger partial charge in [0.05, 0.1) is 18.4 Å². The Hall–Kier alpha value is -2.55. The minimum Gasteiger partial charge on any atom is -0.268 e. The Morgan fingerprint density at radius 2 is 2.06 bits per heavy atom. The summed E-state index contributed by atoms with van der Waals surface area (Å²) in [5, 5.41) is 13.0. The van der Waals surface area contributed by atoms with Crippen LogP contribution >= 0.6 is 0 Å². The number of hydrogen-bond acceptors (Lipinski definition) is 5. The maximum absolute atomic E-state index is 11.6. The first-order chi connectivity index (χ1) is 8.61. The minimum absolute atomic E-state index is 0.0374. The van der Waals surface area contributed by atoms with Crippen LogP contribution in [-0.2, 0) is 0 Å². The topological polar surface area (TPSA) is 84.5 Å². The third-order valence-electron chi connectivity index (χ3n) is 2.33. The predicted octanol–water partition coefficient (Wildman–Crippen LogP) is 1.15. The Morgan fingerprint density at radius 3 is 2.72 bits per heavy atom. The predicted molar refractivity (Wildman–Crippen MR) is 64.6 cm³/mol. The van der Waals surface area contributed by atoms with Crippen molar-refractivity contribution >= 4 is 0 Å². The van der Waals surface area contributed by atoms with Gasteiger partial charge in [-0.2, -0.15) is 10.4 Å². The molecule has 90 valence electrons. The summed E-state index contributed by atoms with van der Waals surface area (Å²) < 4.78 is 1.37. The quantitative estimate of drug-likeness (QED) is 0.787. The van der Waals surface area contributed by atoms with E-state index in [4.69, 9.17) is 5.26 Å². The van der Waals surface area contributed by atoms with Crippen LogP contribution < -0.4 is 5.56 Å². The monoisotopic (exact) mass is 241 g/mol. The highest BCUT2D eigenvalue weighted by Gasteiger charge is 2.08. The molecule has 0 aliphatic carbocycles. The van der Waals surface area contributed by atoms with Gasteiger partial charge >= 0.3 is 0 Å². The van der Waals surface area contributed by atoms with Crippen molar-refractivity contribution in [3.8, 4) is 17.5 Å². The van der Waals surface area contributed by atoms with E-state index >= 15 is 0 Å². The summed E-state index contributed by atoms with van der Waals surface area (Å²) in [5.74, 6) is 0. The Balaban J connectivity index is 2.55. The lowest BCUT2D eigenvalue weighted by atomic mass is 10.3. The van der Waals surface area contributed by atoms with Gasteiger partial charge in [0.15, 0.2) is 5.69 Å². The van der Waals surface area contributed by atoms with E-state index in [1.807, 2.05) is 19.9 Å². The lowest BCUT2D eigenvalue weighted by Gasteiger charge is -2.09. The summed E-state index contributed by atoms with van der Waals surface area (Å²) in [6.45, 7) is 3.74. The highest BCUT2D eigenvalue weighted by Crippen LogP contribution is 2.12. The van der Waals surface area contributed by atoms with Gasteiger partial charge in [0.2, 0.25) is 0 Å². The molecule has 0 aromatic carbocycles. The number of nitrogens with zero attached hydrogens (tertiary/aromatic N) is 5. The lowest BCUT2D eigenvalue weighted by molar-refractivity contribution is 0.504. The van der Waals surface area contributed by atoms with Gasteiger partial charge in [0, 0.05) is 6.07 Å². The second-order valence-electron chi connectivity index (χ2n) is 4.00. The Labute approximate surface area is 104 Å². The minimum atomic E-state index is -0.168. The highest BCUT2D eigenvalue weighted by atomic mass is 16.1. The molecule has 0 spiro atoms. The van der Waals surface area contributed by atoms with Crippen LogP contribution in [0.5, 0.6) is 0 Å². The molecule has 0 saturated heterocycles. The van der Waals surface area contributed by atoms with Crippen molar-refractivity contribution in [2.24, 2.45) is 0 Å². The van der Waals surface area contributed by atoms with Crippen molar-refractivity contribution < 1.29 is 0 Å². The largest absolute Gasteiger partial charge is 0.268 e. The lowest BCUT2D eigenvalue weighted by Crippen LogP contribution is -2.24. The Bertz CT molecular complexity index is 669. The van der Waals surface area contributed by atoms with Crippen LogP contribution in [0.15, 0.2) is 29.3 Å². The molecule has 6 heteroatoms. The third-order valence-corrected chi connectivity index (χ3v) is 2.33. The van der Waals surface area contributed by atoms with E-state index in [-0.39, 0.29) is 17.3 Å². The summed E-state index contributed by atoms with van der Waals surface area (Å²) in [6, 6.07) is 4.89. The molecule has 2 rings (SSSR count). The van der Waals surface area contributed by atoms with Gasteiger partial charge in [-0.15, -0.1) is 0 Å². The number of aromatic nitrogens is 4. The highest BCUT2D eigenvalue weighted by molar-refractivity contribution is 5.52. The molecule has 0 N–H and O–H groups in total. The first-order valence-corrected chi connectivity index (χ1v) is 5.44. The first-order valence-electron chi connectivity index (χ1n) is 5.44. The van der Waals surface area contributed by atoms with Crippen molar-refractivity contribution in [2.45, 2.75) is 19.9 Å². The molecule has 0 bridgehead atoms. The van der Waals surface area contributed by atoms with Gasteiger partial charge in [-0.05, 0) is 19.9 Å².